The zero-order chi connectivity index (χ0) is 25.5. The number of halogens is 1. The molecule has 2 fully saturated rings. The van der Waals surface area contributed by atoms with Crippen LogP contribution in [0.2, 0.25) is 0 Å². The zero-order valence-electron chi connectivity index (χ0n) is 22.1. The van der Waals surface area contributed by atoms with Crippen LogP contribution >= 0.6 is 27.5 Å². The van der Waals surface area contributed by atoms with E-state index in [1.165, 1.54) is 42.7 Å². The van der Waals surface area contributed by atoms with Gasteiger partial charge in [0.05, 0.1) is 10.6 Å². The maximum atomic E-state index is 13.3. The fourth-order valence-corrected chi connectivity index (χ4v) is 10.6. The first kappa shape index (κ1) is 24.8. The summed E-state index contributed by atoms with van der Waals surface area (Å²) in [5, 5.41) is 7.76. The number of amides is 1. The lowest BCUT2D eigenvalue weighted by Crippen LogP contribution is -2.54. The standard InChI is InChI=1S/C30H38BrN3OS/c1-17(27(35)32-19-8-6-18(31)7-9-19)21-11-12-22-20-10-13-25-28(2,3)26-24(36-34-33-26)16-30(25,5)23(20)14-15-29(21,22)4/h6-9,13,17,20-23H,10-12,14-16H2,1-5H3,(H,32,35)/t17-,20-,21+,22-,23-,29+,30+/m0/s1. The number of nitrogens with zero attached hydrogens (tertiary/aromatic N) is 2. The smallest absolute Gasteiger partial charge is 0.227 e. The Hall–Kier alpha value is -1.53. The zero-order valence-corrected chi connectivity index (χ0v) is 24.5. The Kier molecular flexibility index (Phi) is 5.85. The molecule has 1 heterocycles. The molecule has 0 unspecified atom stereocenters. The van der Waals surface area contributed by atoms with Crippen molar-refractivity contribution < 1.29 is 4.79 Å². The fourth-order valence-electron chi connectivity index (χ4n) is 9.38. The average Bonchev–Trinajstić information content (AvgIpc) is 3.44. The number of benzene rings is 1. The van der Waals surface area contributed by atoms with Gasteiger partial charge in [0.1, 0.15) is 0 Å². The van der Waals surface area contributed by atoms with Gasteiger partial charge in [-0.3, -0.25) is 4.79 Å². The van der Waals surface area contributed by atoms with Crippen LogP contribution in [0, 0.1) is 40.4 Å². The summed E-state index contributed by atoms with van der Waals surface area (Å²) in [5.41, 5.74) is 4.10. The maximum absolute atomic E-state index is 13.3. The number of hydrogen-bond acceptors (Lipinski definition) is 4. The second-order valence-corrected chi connectivity index (χ2v) is 14.8. The lowest BCUT2D eigenvalue weighted by atomic mass is 9.45. The summed E-state index contributed by atoms with van der Waals surface area (Å²) in [6, 6.07) is 7.91. The van der Waals surface area contributed by atoms with Gasteiger partial charge in [-0.2, -0.15) is 0 Å². The van der Waals surface area contributed by atoms with Crippen molar-refractivity contribution in [3.63, 3.8) is 0 Å². The molecule has 2 aromatic rings. The molecule has 6 heteroatoms. The summed E-state index contributed by atoms with van der Waals surface area (Å²) < 4.78 is 5.39. The third-order valence-electron chi connectivity index (χ3n) is 11.0. The molecular formula is C30H38BrN3OS. The predicted octanol–water partition coefficient (Wildman–Crippen LogP) is 7.80. The summed E-state index contributed by atoms with van der Waals surface area (Å²) in [6.45, 7) is 12.0. The Labute approximate surface area is 228 Å². The Balaban J connectivity index is 1.25. The van der Waals surface area contributed by atoms with Crippen LogP contribution < -0.4 is 5.32 Å². The molecule has 0 aliphatic heterocycles. The Morgan fingerprint density at radius 3 is 2.61 bits per heavy atom. The van der Waals surface area contributed by atoms with Crippen LogP contribution in [0.4, 0.5) is 5.69 Å². The van der Waals surface area contributed by atoms with E-state index >= 15 is 0 Å². The molecule has 0 bridgehead atoms. The largest absolute Gasteiger partial charge is 0.326 e. The molecule has 36 heavy (non-hydrogen) atoms. The van der Waals surface area contributed by atoms with Crippen molar-refractivity contribution in [2.24, 2.45) is 40.4 Å². The molecule has 7 atom stereocenters. The SMILES string of the molecule is C[C@H](C(=O)Nc1ccc(Br)cc1)[C@H]1CC[C@H]2[C@@H]3CC=C4C(C)(C)c5nnsc5C[C@]4(C)[C@H]3CC[C@]12C. The number of hydrogen-bond donors (Lipinski definition) is 1. The molecule has 4 nitrogen and oxygen atoms in total. The van der Waals surface area contributed by atoms with Crippen LogP contribution in [0.25, 0.3) is 0 Å². The van der Waals surface area contributed by atoms with E-state index in [1.54, 1.807) is 17.1 Å². The van der Waals surface area contributed by atoms with Gasteiger partial charge in [-0.1, -0.05) is 66.7 Å². The van der Waals surface area contributed by atoms with Crippen molar-refractivity contribution in [1.29, 1.82) is 0 Å². The van der Waals surface area contributed by atoms with Crippen molar-refractivity contribution >= 4 is 39.1 Å². The fraction of sp³-hybridized carbons (Fsp3) is 0.633. The van der Waals surface area contributed by atoms with Gasteiger partial charge in [-0.15, -0.1) is 5.10 Å². The monoisotopic (exact) mass is 567 g/mol. The van der Waals surface area contributed by atoms with Gasteiger partial charge in [0, 0.05) is 21.5 Å². The van der Waals surface area contributed by atoms with Gasteiger partial charge in [-0.25, -0.2) is 0 Å². The number of fused-ring (bicyclic) bond motifs is 6. The predicted molar refractivity (Wildman–Crippen MR) is 150 cm³/mol. The maximum Gasteiger partial charge on any atom is 0.227 e. The minimum Gasteiger partial charge on any atom is -0.326 e. The number of anilines is 1. The molecule has 192 valence electrons. The van der Waals surface area contributed by atoms with Crippen molar-refractivity contribution in [2.75, 3.05) is 5.32 Å². The van der Waals surface area contributed by atoms with Crippen molar-refractivity contribution in [1.82, 2.24) is 9.59 Å². The topological polar surface area (TPSA) is 54.9 Å². The van der Waals surface area contributed by atoms with Crippen LogP contribution in [0.15, 0.2) is 40.4 Å². The van der Waals surface area contributed by atoms with Gasteiger partial charge in [0.15, 0.2) is 0 Å². The Bertz CT molecular complexity index is 1220. The van der Waals surface area contributed by atoms with Gasteiger partial charge in [0.2, 0.25) is 5.91 Å². The Morgan fingerprint density at radius 1 is 1.11 bits per heavy atom. The number of aromatic nitrogens is 2. The molecule has 1 N–H and O–H groups in total. The highest BCUT2D eigenvalue weighted by Crippen LogP contribution is 2.68. The summed E-state index contributed by atoms with van der Waals surface area (Å²) in [6.07, 6.45) is 9.80. The lowest BCUT2D eigenvalue weighted by molar-refractivity contribution is -0.124. The van der Waals surface area contributed by atoms with Gasteiger partial charge in [0.25, 0.3) is 0 Å². The van der Waals surface area contributed by atoms with E-state index < -0.39 is 0 Å². The first-order valence-electron chi connectivity index (χ1n) is 13.6. The van der Waals surface area contributed by atoms with E-state index in [4.69, 9.17) is 0 Å². The molecule has 0 spiro atoms. The van der Waals surface area contributed by atoms with E-state index in [9.17, 15) is 4.79 Å². The molecule has 6 rings (SSSR count). The second kappa shape index (κ2) is 8.49. The van der Waals surface area contributed by atoms with Crippen LogP contribution in [0.5, 0.6) is 0 Å². The first-order chi connectivity index (χ1) is 17.1. The molecule has 0 saturated heterocycles. The van der Waals surface area contributed by atoms with Crippen molar-refractivity contribution in [2.45, 2.75) is 78.6 Å². The molecule has 1 aromatic heterocycles. The second-order valence-electron chi connectivity index (χ2n) is 13.0. The number of carbonyl (C=O) groups excluding carboxylic acids is 1. The number of carbonyl (C=O) groups is 1. The average molecular weight is 569 g/mol. The minimum absolute atomic E-state index is 0.0184. The van der Waals surface area contributed by atoms with E-state index in [0.29, 0.717) is 23.7 Å². The van der Waals surface area contributed by atoms with Crippen LogP contribution in [0.1, 0.15) is 77.3 Å². The molecule has 4 aliphatic carbocycles. The quantitative estimate of drug-likeness (QED) is 0.385. The molecular weight excluding hydrogens is 530 g/mol. The normalized spacial score (nSPS) is 37.1. The molecule has 2 saturated carbocycles. The summed E-state index contributed by atoms with van der Waals surface area (Å²) in [4.78, 5) is 14.7. The minimum atomic E-state index is -0.0289. The van der Waals surface area contributed by atoms with Gasteiger partial charge in [-0.05, 0) is 109 Å². The third-order valence-corrected chi connectivity index (χ3v) is 12.3. The van der Waals surface area contributed by atoms with E-state index in [-0.39, 0.29) is 28.1 Å². The van der Waals surface area contributed by atoms with E-state index in [0.717, 1.165) is 16.6 Å². The molecule has 1 amide bonds. The van der Waals surface area contributed by atoms with Crippen LogP contribution in [-0.4, -0.2) is 15.5 Å². The highest BCUT2D eigenvalue weighted by atomic mass is 79.9. The van der Waals surface area contributed by atoms with Crippen molar-refractivity contribution in [3.05, 3.63) is 51.0 Å². The Morgan fingerprint density at radius 2 is 1.86 bits per heavy atom. The van der Waals surface area contributed by atoms with E-state index in [2.05, 4.69) is 71.5 Å². The number of rotatable bonds is 3. The van der Waals surface area contributed by atoms with E-state index in [1.807, 2.05) is 24.3 Å². The summed E-state index contributed by atoms with van der Waals surface area (Å²) in [7, 11) is 0. The molecule has 1 aromatic carbocycles. The number of nitrogens with one attached hydrogen (secondary N) is 1. The molecule has 4 aliphatic rings. The lowest BCUT2D eigenvalue weighted by Gasteiger charge is -2.59. The van der Waals surface area contributed by atoms with Crippen LogP contribution in [0.3, 0.4) is 0 Å². The summed E-state index contributed by atoms with van der Waals surface area (Å²) in [5.74, 6) is 2.74. The highest BCUT2D eigenvalue weighted by molar-refractivity contribution is 9.10. The highest BCUT2D eigenvalue weighted by Gasteiger charge is 2.61. The van der Waals surface area contributed by atoms with Gasteiger partial charge >= 0.3 is 0 Å². The summed E-state index contributed by atoms with van der Waals surface area (Å²) >= 11 is 5.10. The third kappa shape index (κ3) is 3.53. The number of allylic oxidation sites excluding steroid dienone is 2. The van der Waals surface area contributed by atoms with Crippen LogP contribution in [-0.2, 0) is 16.6 Å². The van der Waals surface area contributed by atoms with Gasteiger partial charge < -0.3 is 5.32 Å². The first-order valence-corrected chi connectivity index (χ1v) is 15.2. The van der Waals surface area contributed by atoms with Crippen molar-refractivity contribution in [3.8, 4) is 0 Å². The molecule has 0 radical (unpaired) electrons.